The van der Waals surface area contributed by atoms with Gasteiger partial charge in [0.05, 0.1) is 6.04 Å². The Kier molecular flexibility index (Phi) is 4.30. The lowest BCUT2D eigenvalue weighted by Crippen LogP contribution is -2.48. The third kappa shape index (κ3) is 3.13. The third-order valence-electron chi connectivity index (χ3n) is 4.54. The lowest BCUT2D eigenvalue weighted by Gasteiger charge is -2.36. The summed E-state index contributed by atoms with van der Waals surface area (Å²) in [7, 11) is 0. The Morgan fingerprint density at radius 2 is 2.19 bits per heavy atom. The first kappa shape index (κ1) is 16.5. The zero-order valence-corrected chi connectivity index (χ0v) is 14.3. The lowest BCUT2D eigenvalue weighted by atomic mass is 10.0. The number of piperazine rings is 1. The SMILES string of the molecule is Cc1ccc(-c2cc(C(=O)N3CCNCC3c3cccc(F)c3)n[nH]2)o1. The van der Waals surface area contributed by atoms with Crippen molar-refractivity contribution in [3.05, 3.63) is 65.3 Å². The van der Waals surface area contributed by atoms with E-state index in [1.165, 1.54) is 12.1 Å². The van der Waals surface area contributed by atoms with Crippen LogP contribution in [-0.4, -0.2) is 40.6 Å². The minimum Gasteiger partial charge on any atom is -0.460 e. The molecule has 2 aromatic heterocycles. The number of furan rings is 1. The first-order chi connectivity index (χ1) is 12.6. The smallest absolute Gasteiger partial charge is 0.274 e. The van der Waals surface area contributed by atoms with Gasteiger partial charge in [-0.3, -0.25) is 9.89 Å². The standard InChI is InChI=1S/C19H19FN4O2/c1-12-5-6-18(26-12)15-10-16(23-22-15)19(25)24-8-7-21-11-17(24)13-3-2-4-14(20)9-13/h2-6,9-10,17,21H,7-8,11H2,1H3,(H,22,23). The van der Waals surface area contributed by atoms with Crippen molar-refractivity contribution in [1.82, 2.24) is 20.4 Å². The number of aryl methyl sites for hydroxylation is 1. The van der Waals surface area contributed by atoms with Gasteiger partial charge in [0.25, 0.3) is 5.91 Å². The highest BCUT2D eigenvalue weighted by Crippen LogP contribution is 2.26. The summed E-state index contributed by atoms with van der Waals surface area (Å²) in [5, 5.41) is 10.3. The quantitative estimate of drug-likeness (QED) is 0.758. The number of rotatable bonds is 3. The van der Waals surface area contributed by atoms with E-state index in [2.05, 4.69) is 15.5 Å². The van der Waals surface area contributed by atoms with Crippen LogP contribution in [0.1, 0.15) is 27.9 Å². The largest absolute Gasteiger partial charge is 0.460 e. The van der Waals surface area contributed by atoms with Crippen LogP contribution in [0.5, 0.6) is 0 Å². The fourth-order valence-electron chi connectivity index (χ4n) is 3.24. The van der Waals surface area contributed by atoms with Crippen LogP contribution in [0.15, 0.2) is 46.9 Å². The first-order valence-electron chi connectivity index (χ1n) is 8.51. The normalized spacial score (nSPS) is 17.5. The molecule has 0 bridgehead atoms. The molecule has 1 aliphatic heterocycles. The Labute approximate surface area is 150 Å². The number of H-pyrrole nitrogens is 1. The van der Waals surface area contributed by atoms with Crippen LogP contribution in [0.25, 0.3) is 11.5 Å². The molecule has 134 valence electrons. The van der Waals surface area contributed by atoms with Crippen LogP contribution >= 0.6 is 0 Å². The van der Waals surface area contributed by atoms with Gasteiger partial charge in [-0.15, -0.1) is 0 Å². The van der Waals surface area contributed by atoms with Gasteiger partial charge in [0.1, 0.15) is 17.3 Å². The van der Waals surface area contributed by atoms with E-state index < -0.39 is 0 Å². The molecule has 1 saturated heterocycles. The van der Waals surface area contributed by atoms with E-state index in [9.17, 15) is 9.18 Å². The molecule has 0 radical (unpaired) electrons. The van der Waals surface area contributed by atoms with Crippen LogP contribution in [0.2, 0.25) is 0 Å². The van der Waals surface area contributed by atoms with Gasteiger partial charge in [-0.25, -0.2) is 4.39 Å². The van der Waals surface area contributed by atoms with Gasteiger partial charge in [0.2, 0.25) is 0 Å². The summed E-state index contributed by atoms with van der Waals surface area (Å²) in [6.07, 6.45) is 0. The fourth-order valence-corrected chi connectivity index (χ4v) is 3.24. The van der Waals surface area contributed by atoms with Crippen LogP contribution in [0, 0.1) is 12.7 Å². The highest BCUT2D eigenvalue weighted by molar-refractivity contribution is 5.93. The number of carbonyl (C=O) groups is 1. The highest BCUT2D eigenvalue weighted by Gasteiger charge is 2.30. The first-order valence-corrected chi connectivity index (χ1v) is 8.51. The van der Waals surface area contributed by atoms with Crippen LogP contribution in [0.4, 0.5) is 4.39 Å². The number of hydrogen-bond acceptors (Lipinski definition) is 4. The zero-order chi connectivity index (χ0) is 18.1. The predicted molar refractivity (Wildman–Crippen MR) is 94.1 cm³/mol. The number of benzene rings is 1. The maximum atomic E-state index is 13.6. The molecule has 0 aliphatic carbocycles. The average Bonchev–Trinajstić information content (AvgIpc) is 3.30. The number of amides is 1. The number of hydrogen-bond donors (Lipinski definition) is 2. The molecule has 0 saturated carbocycles. The number of nitrogens with zero attached hydrogens (tertiary/aromatic N) is 2. The maximum Gasteiger partial charge on any atom is 0.274 e. The monoisotopic (exact) mass is 354 g/mol. The van der Waals surface area contributed by atoms with Crippen molar-refractivity contribution in [2.75, 3.05) is 19.6 Å². The molecule has 1 aliphatic rings. The van der Waals surface area contributed by atoms with E-state index >= 15 is 0 Å². The van der Waals surface area contributed by atoms with Crippen LogP contribution in [0.3, 0.4) is 0 Å². The molecule has 1 aromatic carbocycles. The number of aromatic nitrogens is 2. The van der Waals surface area contributed by atoms with Crippen molar-refractivity contribution >= 4 is 5.91 Å². The van der Waals surface area contributed by atoms with Crippen molar-refractivity contribution in [2.45, 2.75) is 13.0 Å². The second-order valence-electron chi connectivity index (χ2n) is 6.35. The second kappa shape index (κ2) is 6.76. The van der Waals surface area contributed by atoms with Crippen molar-refractivity contribution in [1.29, 1.82) is 0 Å². The van der Waals surface area contributed by atoms with E-state index in [1.54, 1.807) is 17.0 Å². The van der Waals surface area contributed by atoms with Gasteiger partial charge < -0.3 is 14.6 Å². The molecule has 2 N–H and O–H groups in total. The van der Waals surface area contributed by atoms with Gasteiger partial charge in [-0.05, 0) is 36.8 Å². The molecule has 1 unspecified atom stereocenters. The third-order valence-corrected chi connectivity index (χ3v) is 4.54. The van der Waals surface area contributed by atoms with Gasteiger partial charge in [0.15, 0.2) is 11.5 Å². The number of nitrogens with one attached hydrogen (secondary N) is 2. The van der Waals surface area contributed by atoms with E-state index in [4.69, 9.17) is 4.42 Å². The van der Waals surface area contributed by atoms with Gasteiger partial charge in [-0.2, -0.15) is 5.10 Å². The van der Waals surface area contributed by atoms with Crippen molar-refractivity contribution in [2.24, 2.45) is 0 Å². The van der Waals surface area contributed by atoms with Gasteiger partial charge in [-0.1, -0.05) is 12.1 Å². The lowest BCUT2D eigenvalue weighted by molar-refractivity contribution is 0.0628. The molecular formula is C19H19FN4O2. The Morgan fingerprint density at radius 1 is 1.31 bits per heavy atom. The molecule has 3 aromatic rings. The summed E-state index contributed by atoms with van der Waals surface area (Å²) in [5.41, 5.74) is 1.74. The number of carbonyl (C=O) groups excluding carboxylic acids is 1. The molecule has 1 fully saturated rings. The Balaban J connectivity index is 1.60. The predicted octanol–water partition coefficient (Wildman–Crippen LogP) is 2.90. The van der Waals surface area contributed by atoms with E-state index in [-0.39, 0.29) is 17.8 Å². The molecule has 4 rings (SSSR count). The van der Waals surface area contributed by atoms with Gasteiger partial charge >= 0.3 is 0 Å². The summed E-state index contributed by atoms with van der Waals surface area (Å²) in [4.78, 5) is 14.7. The van der Waals surface area contributed by atoms with E-state index in [0.717, 1.165) is 11.3 Å². The molecule has 6 nitrogen and oxygen atoms in total. The average molecular weight is 354 g/mol. The van der Waals surface area contributed by atoms with Crippen molar-refractivity contribution < 1.29 is 13.6 Å². The highest BCUT2D eigenvalue weighted by atomic mass is 19.1. The molecule has 3 heterocycles. The zero-order valence-electron chi connectivity index (χ0n) is 14.3. The topological polar surface area (TPSA) is 74.2 Å². The fraction of sp³-hybridized carbons (Fsp3) is 0.263. The van der Waals surface area contributed by atoms with Gasteiger partial charge in [0, 0.05) is 25.7 Å². The number of aromatic amines is 1. The summed E-state index contributed by atoms with van der Waals surface area (Å²) in [6, 6.07) is 11.5. The Hall–Kier alpha value is -2.93. The summed E-state index contributed by atoms with van der Waals surface area (Å²) in [6.45, 7) is 3.65. The van der Waals surface area contributed by atoms with E-state index in [0.29, 0.717) is 36.8 Å². The Bertz CT molecular complexity index is 933. The molecule has 1 atom stereocenters. The molecule has 7 heteroatoms. The number of halogens is 1. The molecule has 26 heavy (non-hydrogen) atoms. The molecule has 1 amide bonds. The van der Waals surface area contributed by atoms with Crippen molar-refractivity contribution in [3.8, 4) is 11.5 Å². The summed E-state index contributed by atoms with van der Waals surface area (Å²) >= 11 is 0. The minimum atomic E-state index is -0.310. The van der Waals surface area contributed by atoms with Crippen LogP contribution in [-0.2, 0) is 0 Å². The molecular weight excluding hydrogens is 335 g/mol. The minimum absolute atomic E-state index is 0.188. The summed E-state index contributed by atoms with van der Waals surface area (Å²) in [5.74, 6) is 0.925. The van der Waals surface area contributed by atoms with E-state index in [1.807, 2.05) is 25.1 Å². The maximum absolute atomic E-state index is 13.6. The molecule has 0 spiro atoms. The second-order valence-corrected chi connectivity index (χ2v) is 6.35. The van der Waals surface area contributed by atoms with Crippen molar-refractivity contribution in [3.63, 3.8) is 0 Å². The Morgan fingerprint density at radius 3 is 2.96 bits per heavy atom. The summed E-state index contributed by atoms with van der Waals surface area (Å²) < 4.78 is 19.2. The van der Waals surface area contributed by atoms with Crippen LogP contribution < -0.4 is 5.32 Å².